The quantitative estimate of drug-likeness (QED) is 0.634. The minimum Gasteiger partial charge on any atom is -0.351 e. The molecule has 1 aliphatic carbocycles. The normalized spacial score (nSPS) is 13.1. The lowest BCUT2D eigenvalue weighted by Gasteiger charge is -2.20. The Kier molecular flexibility index (Phi) is 5.64. The third-order valence-corrected chi connectivity index (χ3v) is 5.31. The Morgan fingerprint density at radius 1 is 0.935 bits per heavy atom. The maximum absolute atomic E-state index is 12.9. The number of benzene rings is 2. The average molecular weight is 432 g/mol. The summed E-state index contributed by atoms with van der Waals surface area (Å²) in [5.41, 5.74) is 1.62. The lowest BCUT2D eigenvalue weighted by molar-refractivity contribution is 0.0982. The summed E-state index contributed by atoms with van der Waals surface area (Å²) in [6, 6.07) is 18.6. The highest BCUT2D eigenvalue weighted by molar-refractivity contribution is 6.50. The molecule has 0 unspecified atom stereocenters. The molecule has 0 radical (unpaired) electrons. The van der Waals surface area contributed by atoms with Gasteiger partial charge in [-0.25, -0.2) is 4.98 Å². The summed E-state index contributed by atoms with van der Waals surface area (Å²) in [7, 11) is 0. The van der Waals surface area contributed by atoms with Crippen molar-refractivity contribution in [3.63, 3.8) is 0 Å². The van der Waals surface area contributed by atoms with E-state index in [0.717, 1.165) is 0 Å². The Balaban J connectivity index is 1.57. The molecule has 31 heavy (non-hydrogen) atoms. The molecular weight excluding hydrogens is 414 g/mol. The van der Waals surface area contributed by atoms with Gasteiger partial charge in [0.05, 0.1) is 0 Å². The van der Waals surface area contributed by atoms with Crippen molar-refractivity contribution < 1.29 is 14.4 Å². The second-order valence-electron chi connectivity index (χ2n) is 6.83. The fraction of sp³-hybridized carbons (Fsp3) is 0.0833. The van der Waals surface area contributed by atoms with Crippen molar-refractivity contribution in [2.75, 3.05) is 16.8 Å². The number of nitrogens with zero attached hydrogens (tertiary/aromatic N) is 2. The zero-order chi connectivity index (χ0) is 22.0. The summed E-state index contributed by atoms with van der Waals surface area (Å²) >= 11 is 6.19. The lowest BCUT2D eigenvalue weighted by Crippen LogP contribution is -2.31. The molecule has 4 rings (SSSR count). The summed E-state index contributed by atoms with van der Waals surface area (Å²) in [5.74, 6) is -0.380. The molecule has 1 heterocycles. The maximum atomic E-state index is 12.9. The van der Waals surface area contributed by atoms with Crippen LogP contribution < -0.4 is 10.2 Å². The van der Waals surface area contributed by atoms with Gasteiger partial charge in [0.25, 0.3) is 5.91 Å². The zero-order valence-electron chi connectivity index (χ0n) is 16.6. The molecule has 0 aliphatic heterocycles. The highest BCUT2D eigenvalue weighted by Gasteiger charge is 2.31. The van der Waals surface area contributed by atoms with Crippen LogP contribution in [0.1, 0.15) is 38.0 Å². The van der Waals surface area contributed by atoms with Gasteiger partial charge >= 0.3 is 0 Å². The van der Waals surface area contributed by atoms with Crippen molar-refractivity contribution in [1.82, 2.24) is 4.98 Å². The van der Waals surface area contributed by atoms with Crippen LogP contribution >= 0.6 is 11.6 Å². The van der Waals surface area contributed by atoms with Crippen LogP contribution in [0.2, 0.25) is 0 Å². The summed E-state index contributed by atoms with van der Waals surface area (Å²) in [5, 5.41) is 2.78. The number of halogens is 1. The van der Waals surface area contributed by atoms with Gasteiger partial charge in [-0.2, -0.15) is 0 Å². The van der Waals surface area contributed by atoms with Gasteiger partial charge < -0.3 is 5.32 Å². The summed E-state index contributed by atoms with van der Waals surface area (Å²) in [6.07, 6.45) is 1.64. The third-order valence-electron chi connectivity index (χ3n) is 4.95. The van der Waals surface area contributed by atoms with E-state index < -0.39 is 5.78 Å². The van der Waals surface area contributed by atoms with E-state index in [1.807, 2.05) is 13.0 Å². The molecule has 0 saturated carbocycles. The van der Waals surface area contributed by atoms with E-state index in [9.17, 15) is 14.4 Å². The largest absolute Gasteiger partial charge is 0.351 e. The molecule has 1 aromatic heterocycles. The molecule has 1 aliphatic rings. The third kappa shape index (κ3) is 3.85. The van der Waals surface area contributed by atoms with Gasteiger partial charge in [0.1, 0.15) is 16.5 Å². The van der Waals surface area contributed by atoms with E-state index in [0.29, 0.717) is 29.2 Å². The standard InChI is InChI=1S/C24H18ClN3O3/c1-2-28(19-9-5-6-14-26-19)24(31)15-10-12-16(13-11-15)27-21-20(25)22(29)17-7-3-4-8-18(17)23(21)30/h3-14,27H,2H2,1H3. The molecule has 2 aromatic carbocycles. The molecular formula is C24H18ClN3O3. The molecule has 0 spiro atoms. The van der Waals surface area contributed by atoms with Crippen LogP contribution in [0.5, 0.6) is 0 Å². The number of amides is 1. The van der Waals surface area contributed by atoms with E-state index in [4.69, 9.17) is 11.6 Å². The zero-order valence-corrected chi connectivity index (χ0v) is 17.4. The van der Waals surface area contributed by atoms with E-state index in [1.165, 1.54) is 0 Å². The second-order valence-corrected chi connectivity index (χ2v) is 7.21. The number of aromatic nitrogens is 1. The molecule has 7 heteroatoms. The Bertz CT molecular complexity index is 1200. The number of hydrogen-bond acceptors (Lipinski definition) is 5. The molecule has 0 saturated heterocycles. The van der Waals surface area contributed by atoms with Crippen molar-refractivity contribution in [2.45, 2.75) is 6.92 Å². The summed E-state index contributed by atoms with van der Waals surface area (Å²) in [6.45, 7) is 2.34. The van der Waals surface area contributed by atoms with Gasteiger partial charge in [-0.1, -0.05) is 41.9 Å². The van der Waals surface area contributed by atoms with E-state index in [-0.39, 0.29) is 28.0 Å². The molecule has 6 nitrogen and oxygen atoms in total. The van der Waals surface area contributed by atoms with Crippen LogP contribution in [-0.4, -0.2) is 29.0 Å². The topological polar surface area (TPSA) is 79.4 Å². The van der Waals surface area contributed by atoms with Gasteiger partial charge in [-0.15, -0.1) is 0 Å². The van der Waals surface area contributed by atoms with Crippen molar-refractivity contribution in [1.29, 1.82) is 0 Å². The predicted octanol–water partition coefficient (Wildman–Crippen LogP) is 4.69. The number of allylic oxidation sites excluding steroid dienone is 2. The predicted molar refractivity (Wildman–Crippen MR) is 120 cm³/mol. The van der Waals surface area contributed by atoms with E-state index in [1.54, 1.807) is 71.8 Å². The number of pyridine rings is 1. The average Bonchev–Trinajstić information content (AvgIpc) is 2.82. The first kappa shape index (κ1) is 20.5. The van der Waals surface area contributed by atoms with Crippen molar-refractivity contribution in [3.8, 4) is 0 Å². The second kappa shape index (κ2) is 8.53. The van der Waals surface area contributed by atoms with Crippen molar-refractivity contribution in [3.05, 3.63) is 100 Å². The van der Waals surface area contributed by atoms with Gasteiger partial charge in [0.2, 0.25) is 11.6 Å². The monoisotopic (exact) mass is 431 g/mol. The van der Waals surface area contributed by atoms with Gasteiger partial charge in [-0.3, -0.25) is 19.3 Å². The number of fused-ring (bicyclic) bond motifs is 1. The first-order valence-electron chi connectivity index (χ1n) is 9.69. The van der Waals surface area contributed by atoms with Crippen LogP contribution in [0.25, 0.3) is 0 Å². The summed E-state index contributed by atoms with van der Waals surface area (Å²) in [4.78, 5) is 44.0. The maximum Gasteiger partial charge on any atom is 0.259 e. The molecule has 3 aromatic rings. The van der Waals surface area contributed by atoms with Crippen LogP contribution in [0.15, 0.2) is 83.7 Å². The molecule has 0 fully saturated rings. The number of ketones is 2. The summed E-state index contributed by atoms with van der Waals surface area (Å²) < 4.78 is 0. The number of Topliss-reactive ketones (excluding diaryl/α,β-unsaturated/α-hetero) is 2. The minimum absolute atomic E-state index is 0.0214. The smallest absolute Gasteiger partial charge is 0.259 e. The van der Waals surface area contributed by atoms with Crippen molar-refractivity contribution in [2.24, 2.45) is 0 Å². The SMILES string of the molecule is CCN(C(=O)c1ccc(NC2=C(Cl)C(=O)c3ccccc3C2=O)cc1)c1ccccn1. The first-order valence-corrected chi connectivity index (χ1v) is 10.1. The Labute approximate surface area is 184 Å². The molecule has 154 valence electrons. The Morgan fingerprint density at radius 3 is 2.19 bits per heavy atom. The van der Waals surface area contributed by atoms with E-state index in [2.05, 4.69) is 10.3 Å². The molecule has 0 atom stereocenters. The highest BCUT2D eigenvalue weighted by atomic mass is 35.5. The first-order chi connectivity index (χ1) is 15.0. The fourth-order valence-corrected chi connectivity index (χ4v) is 3.61. The number of rotatable bonds is 5. The lowest BCUT2D eigenvalue weighted by atomic mass is 9.92. The number of anilines is 2. The minimum atomic E-state index is -0.403. The fourth-order valence-electron chi connectivity index (χ4n) is 3.38. The Morgan fingerprint density at radius 2 is 1.58 bits per heavy atom. The molecule has 1 N–H and O–H groups in total. The van der Waals surface area contributed by atoms with Crippen LogP contribution in [0.4, 0.5) is 11.5 Å². The molecule has 0 bridgehead atoms. The van der Waals surface area contributed by atoms with Crippen LogP contribution in [0, 0.1) is 0 Å². The number of nitrogens with one attached hydrogen (secondary N) is 1. The van der Waals surface area contributed by atoms with Gasteiger partial charge in [0.15, 0.2) is 0 Å². The highest BCUT2D eigenvalue weighted by Crippen LogP contribution is 2.29. The number of carbonyl (C=O) groups excluding carboxylic acids is 3. The van der Waals surface area contributed by atoms with Gasteiger partial charge in [0, 0.05) is 35.1 Å². The van der Waals surface area contributed by atoms with Crippen LogP contribution in [0.3, 0.4) is 0 Å². The van der Waals surface area contributed by atoms with Crippen molar-refractivity contribution >= 4 is 40.6 Å². The number of carbonyl (C=O) groups is 3. The van der Waals surface area contributed by atoms with E-state index >= 15 is 0 Å². The Hall–Kier alpha value is -3.77. The van der Waals surface area contributed by atoms with Gasteiger partial charge in [-0.05, 0) is 43.3 Å². The molecule has 1 amide bonds. The van der Waals surface area contributed by atoms with Crippen LogP contribution in [-0.2, 0) is 0 Å². The number of hydrogen-bond donors (Lipinski definition) is 1.